The number of rotatable bonds is 2. The molecule has 2 aliphatic rings. The molecule has 0 radical (unpaired) electrons. The van der Waals surface area contributed by atoms with Gasteiger partial charge in [0, 0.05) is 58.0 Å². The number of benzene rings is 1. The van der Waals surface area contributed by atoms with Gasteiger partial charge in [0.15, 0.2) is 0 Å². The number of aryl methyl sites for hydroxylation is 1. The van der Waals surface area contributed by atoms with Crippen molar-refractivity contribution in [2.75, 3.05) is 57.3 Å². The van der Waals surface area contributed by atoms with Crippen LogP contribution in [0.5, 0.6) is 0 Å². The third kappa shape index (κ3) is 3.92. The van der Waals surface area contributed by atoms with E-state index >= 15 is 0 Å². The first kappa shape index (κ1) is 17.3. The van der Waals surface area contributed by atoms with Gasteiger partial charge in [-0.15, -0.1) is 0 Å². The number of hydrogen-bond acceptors (Lipinski definition) is 4. The molecule has 2 heterocycles. The molecule has 2 saturated heterocycles. The Morgan fingerprint density at radius 3 is 1.96 bits per heavy atom. The van der Waals surface area contributed by atoms with Crippen LogP contribution in [-0.4, -0.2) is 85.3 Å². The first-order valence-electron chi connectivity index (χ1n) is 8.67. The molecule has 7 heteroatoms. The molecule has 2 fully saturated rings. The summed E-state index contributed by atoms with van der Waals surface area (Å²) >= 11 is 0. The highest BCUT2D eigenvalue weighted by Crippen LogP contribution is 2.18. The first-order chi connectivity index (χ1) is 12.1. The van der Waals surface area contributed by atoms with Crippen LogP contribution in [0.4, 0.5) is 5.69 Å². The van der Waals surface area contributed by atoms with E-state index in [4.69, 9.17) is 0 Å². The molecule has 25 heavy (non-hydrogen) atoms. The van der Waals surface area contributed by atoms with Crippen LogP contribution >= 0.6 is 0 Å². The second-order valence-corrected chi connectivity index (χ2v) is 6.55. The molecule has 1 aromatic carbocycles. The van der Waals surface area contributed by atoms with Gasteiger partial charge in [-0.3, -0.25) is 14.4 Å². The average molecular weight is 344 g/mol. The number of carbonyl (C=O) groups is 3. The van der Waals surface area contributed by atoms with Gasteiger partial charge in [-0.2, -0.15) is 0 Å². The van der Waals surface area contributed by atoms with Crippen molar-refractivity contribution in [1.29, 1.82) is 0 Å². The van der Waals surface area contributed by atoms with Gasteiger partial charge < -0.3 is 19.6 Å². The zero-order chi connectivity index (χ0) is 17.8. The normalized spacial score (nSPS) is 18.3. The van der Waals surface area contributed by atoms with E-state index in [1.54, 1.807) is 14.7 Å². The van der Waals surface area contributed by atoms with Crippen molar-refractivity contribution in [2.24, 2.45) is 0 Å². The topological polar surface area (TPSA) is 64.2 Å². The largest absolute Gasteiger partial charge is 0.368 e. The first-order valence-corrected chi connectivity index (χ1v) is 8.67. The van der Waals surface area contributed by atoms with Gasteiger partial charge in [0.25, 0.3) is 0 Å². The molecule has 3 rings (SSSR count). The summed E-state index contributed by atoms with van der Waals surface area (Å²) in [7, 11) is 0. The molecule has 7 nitrogen and oxygen atoms in total. The summed E-state index contributed by atoms with van der Waals surface area (Å²) < 4.78 is 0. The fraction of sp³-hybridized carbons (Fsp3) is 0.500. The Morgan fingerprint density at radius 1 is 0.880 bits per heavy atom. The van der Waals surface area contributed by atoms with E-state index in [0.717, 1.165) is 25.2 Å². The molecule has 2 aliphatic heterocycles. The maximum Gasteiger partial charge on any atom is 0.312 e. The fourth-order valence-corrected chi connectivity index (χ4v) is 3.29. The standard InChI is InChI=1S/C18H24N4O3/c1-15-3-2-4-16(13-15)20-9-11-22(12-10-20)18(25)17(24)21-7-5-19(14-23)6-8-21/h2-4,13-14H,5-12H2,1H3. The lowest BCUT2D eigenvalue weighted by atomic mass is 10.2. The second kappa shape index (κ2) is 7.55. The molecule has 0 bridgehead atoms. The van der Waals surface area contributed by atoms with Crippen molar-refractivity contribution in [2.45, 2.75) is 6.92 Å². The highest BCUT2D eigenvalue weighted by molar-refractivity contribution is 6.35. The third-order valence-electron chi connectivity index (χ3n) is 4.87. The van der Waals surface area contributed by atoms with Crippen LogP contribution in [0.3, 0.4) is 0 Å². The minimum absolute atomic E-state index is 0.423. The zero-order valence-corrected chi connectivity index (χ0v) is 14.6. The number of piperazine rings is 2. The Bertz CT molecular complexity index is 647. The summed E-state index contributed by atoms with van der Waals surface area (Å²) in [6, 6.07) is 8.30. The smallest absolute Gasteiger partial charge is 0.312 e. The van der Waals surface area contributed by atoms with E-state index in [1.807, 2.05) is 6.07 Å². The molecule has 0 unspecified atom stereocenters. The van der Waals surface area contributed by atoms with Crippen LogP contribution in [0.15, 0.2) is 24.3 Å². The van der Waals surface area contributed by atoms with E-state index in [0.29, 0.717) is 39.3 Å². The van der Waals surface area contributed by atoms with Gasteiger partial charge in [-0.05, 0) is 24.6 Å². The van der Waals surface area contributed by atoms with Crippen molar-refractivity contribution >= 4 is 23.9 Å². The number of carbonyl (C=O) groups excluding carboxylic acids is 3. The molecule has 134 valence electrons. The van der Waals surface area contributed by atoms with Crippen molar-refractivity contribution in [1.82, 2.24) is 14.7 Å². The lowest BCUT2D eigenvalue weighted by Gasteiger charge is -2.37. The molecule has 0 N–H and O–H groups in total. The number of amides is 3. The Labute approximate surface area is 147 Å². The molecular formula is C18H24N4O3. The van der Waals surface area contributed by atoms with Crippen LogP contribution in [0.1, 0.15) is 5.56 Å². The van der Waals surface area contributed by atoms with Crippen LogP contribution in [0.25, 0.3) is 0 Å². The molecule has 0 aliphatic carbocycles. The second-order valence-electron chi connectivity index (χ2n) is 6.55. The van der Waals surface area contributed by atoms with E-state index in [2.05, 4.69) is 30.0 Å². The van der Waals surface area contributed by atoms with Crippen LogP contribution in [-0.2, 0) is 14.4 Å². The lowest BCUT2D eigenvalue weighted by Crippen LogP contribution is -2.56. The molecule has 0 spiro atoms. The van der Waals surface area contributed by atoms with Crippen molar-refractivity contribution in [3.63, 3.8) is 0 Å². The van der Waals surface area contributed by atoms with E-state index in [1.165, 1.54) is 5.56 Å². The molecule has 3 amide bonds. The molecule has 1 aromatic rings. The highest BCUT2D eigenvalue weighted by atomic mass is 16.2. The zero-order valence-electron chi connectivity index (χ0n) is 14.6. The SMILES string of the molecule is Cc1cccc(N2CCN(C(=O)C(=O)N3CCN(C=O)CC3)CC2)c1. The Balaban J connectivity index is 1.53. The van der Waals surface area contributed by atoms with E-state index < -0.39 is 11.8 Å². The average Bonchev–Trinajstić information content (AvgIpc) is 2.67. The maximum atomic E-state index is 12.5. The quantitative estimate of drug-likeness (QED) is 0.557. The minimum atomic E-state index is -0.449. The van der Waals surface area contributed by atoms with Gasteiger partial charge in [-0.1, -0.05) is 12.1 Å². The number of nitrogens with zero attached hydrogens (tertiary/aromatic N) is 4. The van der Waals surface area contributed by atoms with Gasteiger partial charge in [-0.25, -0.2) is 0 Å². The van der Waals surface area contributed by atoms with Crippen LogP contribution in [0.2, 0.25) is 0 Å². The van der Waals surface area contributed by atoms with Crippen molar-refractivity contribution in [3.8, 4) is 0 Å². The van der Waals surface area contributed by atoms with E-state index in [-0.39, 0.29) is 0 Å². The Morgan fingerprint density at radius 2 is 1.44 bits per heavy atom. The summed E-state index contributed by atoms with van der Waals surface area (Å²) in [5.41, 5.74) is 2.36. The monoisotopic (exact) mass is 344 g/mol. The van der Waals surface area contributed by atoms with Gasteiger partial charge in [0.2, 0.25) is 6.41 Å². The summed E-state index contributed by atoms with van der Waals surface area (Å²) in [5.74, 6) is -0.877. The summed E-state index contributed by atoms with van der Waals surface area (Å²) in [4.78, 5) is 42.7. The molecule has 0 saturated carbocycles. The molecule has 0 aromatic heterocycles. The summed E-state index contributed by atoms with van der Waals surface area (Å²) in [6.07, 6.45) is 0.786. The van der Waals surface area contributed by atoms with Gasteiger partial charge >= 0.3 is 11.8 Å². The minimum Gasteiger partial charge on any atom is -0.368 e. The maximum absolute atomic E-state index is 12.5. The summed E-state index contributed by atoms with van der Waals surface area (Å²) in [5, 5.41) is 0. The van der Waals surface area contributed by atoms with Crippen LogP contribution < -0.4 is 4.90 Å². The predicted molar refractivity (Wildman–Crippen MR) is 94.2 cm³/mol. The van der Waals surface area contributed by atoms with E-state index in [9.17, 15) is 14.4 Å². The Hall–Kier alpha value is -2.57. The lowest BCUT2D eigenvalue weighted by molar-refractivity contribution is -0.153. The summed E-state index contributed by atoms with van der Waals surface area (Å²) in [6.45, 7) is 6.43. The van der Waals surface area contributed by atoms with Gasteiger partial charge in [0.05, 0.1) is 0 Å². The fourth-order valence-electron chi connectivity index (χ4n) is 3.29. The highest BCUT2D eigenvalue weighted by Gasteiger charge is 2.31. The number of hydrogen-bond donors (Lipinski definition) is 0. The third-order valence-corrected chi connectivity index (χ3v) is 4.87. The Kier molecular flexibility index (Phi) is 5.21. The van der Waals surface area contributed by atoms with Gasteiger partial charge in [0.1, 0.15) is 0 Å². The van der Waals surface area contributed by atoms with Crippen molar-refractivity contribution in [3.05, 3.63) is 29.8 Å². The van der Waals surface area contributed by atoms with Crippen molar-refractivity contribution < 1.29 is 14.4 Å². The van der Waals surface area contributed by atoms with Crippen LogP contribution in [0, 0.1) is 6.92 Å². The predicted octanol–water partition coefficient (Wildman–Crippen LogP) is -0.0558. The number of anilines is 1. The molecule has 0 atom stereocenters. The molecular weight excluding hydrogens is 320 g/mol.